The van der Waals surface area contributed by atoms with Gasteiger partial charge in [0.2, 0.25) is 0 Å². The van der Waals surface area contributed by atoms with E-state index in [0.29, 0.717) is 0 Å². The van der Waals surface area contributed by atoms with Gasteiger partial charge in [0.05, 0.1) is 0 Å². The first-order chi connectivity index (χ1) is 8.29. The maximum atomic E-state index is 4.28. The summed E-state index contributed by atoms with van der Waals surface area (Å²) in [5.74, 6) is 1.84. The van der Waals surface area contributed by atoms with Crippen molar-refractivity contribution in [2.45, 2.75) is 17.8 Å². The van der Waals surface area contributed by atoms with Crippen LogP contribution in [0.15, 0.2) is 35.9 Å². The third kappa shape index (κ3) is 3.23. The topological polar surface area (TPSA) is 42.7 Å². The summed E-state index contributed by atoms with van der Waals surface area (Å²) in [7, 11) is 2.01. The Labute approximate surface area is 105 Å². The van der Waals surface area contributed by atoms with E-state index < -0.39 is 0 Å². The Morgan fingerprint density at radius 1 is 1.35 bits per heavy atom. The highest BCUT2D eigenvalue weighted by molar-refractivity contribution is 7.98. The number of imidazole rings is 1. The minimum atomic E-state index is 0.892. The number of pyridine rings is 1. The lowest BCUT2D eigenvalue weighted by atomic mass is 10.3. The normalized spacial score (nSPS) is 10.5. The molecular weight excluding hydrogens is 232 g/mol. The van der Waals surface area contributed by atoms with Gasteiger partial charge in [0.1, 0.15) is 5.82 Å². The molecule has 0 bridgehead atoms. The molecule has 2 heterocycles. The average Bonchev–Trinajstić information content (AvgIpc) is 2.73. The molecule has 0 atom stereocenters. The van der Waals surface area contributed by atoms with Crippen LogP contribution in [0.4, 0.5) is 5.82 Å². The Bertz CT molecular complexity index is 481. The summed E-state index contributed by atoms with van der Waals surface area (Å²) in [6.45, 7) is 2.96. The highest BCUT2D eigenvalue weighted by Crippen LogP contribution is 2.21. The highest BCUT2D eigenvalue weighted by Gasteiger charge is 2.02. The van der Waals surface area contributed by atoms with Gasteiger partial charge in [-0.25, -0.2) is 9.97 Å². The fraction of sp³-hybridized carbons (Fsp3) is 0.333. The van der Waals surface area contributed by atoms with Crippen molar-refractivity contribution in [3.05, 3.63) is 36.3 Å². The molecule has 0 unspecified atom stereocenters. The third-order valence-electron chi connectivity index (χ3n) is 2.33. The van der Waals surface area contributed by atoms with Crippen LogP contribution in [0.3, 0.4) is 0 Å². The zero-order valence-electron chi connectivity index (χ0n) is 10.1. The quantitative estimate of drug-likeness (QED) is 0.826. The van der Waals surface area contributed by atoms with E-state index in [1.54, 1.807) is 11.8 Å². The number of anilines is 1. The Hall–Kier alpha value is -1.49. The first kappa shape index (κ1) is 12.0. The number of aromatic nitrogens is 3. The second-order valence-electron chi connectivity index (χ2n) is 3.69. The van der Waals surface area contributed by atoms with Crippen LogP contribution < -0.4 is 5.32 Å². The van der Waals surface area contributed by atoms with Gasteiger partial charge in [-0.1, -0.05) is 11.8 Å². The molecule has 0 spiro atoms. The summed E-state index contributed by atoms with van der Waals surface area (Å²) in [6.07, 6.45) is 5.62. The molecule has 0 aromatic carbocycles. The van der Waals surface area contributed by atoms with E-state index in [0.717, 1.165) is 23.3 Å². The van der Waals surface area contributed by atoms with Crippen molar-refractivity contribution in [2.24, 2.45) is 7.05 Å². The summed E-state index contributed by atoms with van der Waals surface area (Å²) >= 11 is 1.73. The maximum absolute atomic E-state index is 4.28. The van der Waals surface area contributed by atoms with Crippen LogP contribution in [0.1, 0.15) is 12.5 Å². The van der Waals surface area contributed by atoms with E-state index in [9.17, 15) is 0 Å². The largest absolute Gasteiger partial charge is 0.370 e. The van der Waals surface area contributed by atoms with E-state index >= 15 is 0 Å². The van der Waals surface area contributed by atoms with Crippen LogP contribution in [0.25, 0.3) is 0 Å². The van der Waals surface area contributed by atoms with Crippen molar-refractivity contribution in [3.63, 3.8) is 0 Å². The molecule has 0 amide bonds. The number of thioether (sulfide) groups is 1. The molecular formula is C12H16N4S. The first-order valence-corrected chi connectivity index (χ1v) is 6.57. The fourth-order valence-electron chi connectivity index (χ4n) is 1.48. The van der Waals surface area contributed by atoms with Gasteiger partial charge in [-0.15, -0.1) is 0 Å². The van der Waals surface area contributed by atoms with Crippen molar-refractivity contribution in [2.75, 3.05) is 11.9 Å². The third-order valence-corrected chi connectivity index (χ3v) is 3.46. The summed E-state index contributed by atoms with van der Waals surface area (Å²) in [6, 6.07) is 4.12. The summed E-state index contributed by atoms with van der Waals surface area (Å²) in [5.41, 5.74) is 1.25. The van der Waals surface area contributed by atoms with Gasteiger partial charge in [0.25, 0.3) is 0 Å². The highest BCUT2D eigenvalue weighted by atomic mass is 32.2. The second-order valence-corrected chi connectivity index (χ2v) is 4.63. The first-order valence-electron chi connectivity index (χ1n) is 5.58. The standard InChI is InChI=1S/C12H16N4S/c1-3-13-11-8-10(4-5-14-11)9-17-12-15-6-7-16(12)2/h4-8H,3,9H2,1-2H3,(H,13,14). The van der Waals surface area contributed by atoms with Gasteiger partial charge in [0.15, 0.2) is 5.16 Å². The fourth-order valence-corrected chi connectivity index (χ4v) is 2.36. The van der Waals surface area contributed by atoms with E-state index in [1.807, 2.05) is 36.3 Å². The van der Waals surface area contributed by atoms with Crippen LogP contribution >= 0.6 is 11.8 Å². The number of nitrogens with one attached hydrogen (secondary N) is 1. The van der Waals surface area contributed by atoms with Gasteiger partial charge in [-0.2, -0.15) is 0 Å². The zero-order valence-corrected chi connectivity index (χ0v) is 10.9. The molecule has 0 aliphatic rings. The van der Waals surface area contributed by atoms with Gasteiger partial charge in [-0.05, 0) is 24.6 Å². The van der Waals surface area contributed by atoms with Crippen molar-refractivity contribution in [1.29, 1.82) is 0 Å². The molecule has 2 aromatic heterocycles. The van der Waals surface area contributed by atoms with E-state index in [-0.39, 0.29) is 0 Å². The summed E-state index contributed by atoms with van der Waals surface area (Å²) in [4.78, 5) is 8.53. The molecule has 0 fully saturated rings. The number of hydrogen-bond donors (Lipinski definition) is 1. The molecule has 0 saturated heterocycles. The lowest BCUT2D eigenvalue weighted by Crippen LogP contribution is -1.99. The molecule has 2 aromatic rings. The monoisotopic (exact) mass is 248 g/mol. The Kier molecular flexibility index (Phi) is 4.03. The Morgan fingerprint density at radius 3 is 2.94 bits per heavy atom. The van der Waals surface area contributed by atoms with E-state index in [4.69, 9.17) is 0 Å². The lowest BCUT2D eigenvalue weighted by Gasteiger charge is -2.05. The Balaban J connectivity index is 1.99. The second kappa shape index (κ2) is 5.72. The SMILES string of the molecule is CCNc1cc(CSc2nccn2C)ccn1. The van der Waals surface area contributed by atoms with E-state index in [1.165, 1.54) is 5.56 Å². The van der Waals surface area contributed by atoms with Crippen LogP contribution in [-0.4, -0.2) is 21.1 Å². The van der Waals surface area contributed by atoms with Crippen molar-refractivity contribution < 1.29 is 0 Å². The smallest absolute Gasteiger partial charge is 0.167 e. The minimum Gasteiger partial charge on any atom is -0.370 e. The van der Waals surface area contributed by atoms with Gasteiger partial charge in [0, 0.05) is 37.9 Å². The molecule has 0 aliphatic carbocycles. The number of rotatable bonds is 5. The van der Waals surface area contributed by atoms with Gasteiger partial charge >= 0.3 is 0 Å². The van der Waals surface area contributed by atoms with Crippen molar-refractivity contribution in [1.82, 2.24) is 14.5 Å². The molecule has 5 heteroatoms. The van der Waals surface area contributed by atoms with Gasteiger partial charge in [-0.3, -0.25) is 0 Å². The Morgan fingerprint density at radius 2 is 2.24 bits per heavy atom. The van der Waals surface area contributed by atoms with Gasteiger partial charge < -0.3 is 9.88 Å². The molecule has 0 radical (unpaired) electrons. The average molecular weight is 248 g/mol. The molecule has 90 valence electrons. The van der Waals surface area contributed by atoms with Crippen LogP contribution in [0, 0.1) is 0 Å². The number of hydrogen-bond acceptors (Lipinski definition) is 4. The van der Waals surface area contributed by atoms with Crippen LogP contribution in [0.5, 0.6) is 0 Å². The predicted molar refractivity (Wildman–Crippen MR) is 71.2 cm³/mol. The predicted octanol–water partition coefficient (Wildman–Crippen LogP) is 2.54. The molecule has 0 aliphatic heterocycles. The summed E-state index contributed by atoms with van der Waals surface area (Å²) in [5, 5.41) is 4.25. The molecule has 4 nitrogen and oxygen atoms in total. The summed E-state index contributed by atoms with van der Waals surface area (Å²) < 4.78 is 2.02. The number of nitrogens with zero attached hydrogens (tertiary/aromatic N) is 3. The van der Waals surface area contributed by atoms with Crippen molar-refractivity contribution in [3.8, 4) is 0 Å². The lowest BCUT2D eigenvalue weighted by molar-refractivity contribution is 0.790. The molecule has 17 heavy (non-hydrogen) atoms. The molecule has 0 saturated carbocycles. The molecule has 1 N–H and O–H groups in total. The van der Waals surface area contributed by atoms with Crippen LogP contribution in [0.2, 0.25) is 0 Å². The number of aryl methyl sites for hydroxylation is 1. The van der Waals surface area contributed by atoms with Crippen molar-refractivity contribution >= 4 is 17.6 Å². The van der Waals surface area contributed by atoms with E-state index in [2.05, 4.69) is 28.3 Å². The minimum absolute atomic E-state index is 0.892. The van der Waals surface area contributed by atoms with Crippen LogP contribution in [-0.2, 0) is 12.8 Å². The molecule has 2 rings (SSSR count). The zero-order chi connectivity index (χ0) is 12.1. The maximum Gasteiger partial charge on any atom is 0.167 e.